The molecule has 0 aliphatic carbocycles. The SMILES string of the molecule is Cc1ccc(-n2c(S[C@H](C)C(=O)N(C)c3ccccc3)nc3ccccc3c2=O)cc1C. The molecule has 0 aliphatic heterocycles. The average molecular weight is 444 g/mol. The summed E-state index contributed by atoms with van der Waals surface area (Å²) in [7, 11) is 1.76. The van der Waals surface area contributed by atoms with E-state index in [1.807, 2.05) is 87.5 Å². The maximum absolute atomic E-state index is 13.5. The predicted molar refractivity (Wildman–Crippen MR) is 132 cm³/mol. The molecular formula is C26H25N3O2S. The summed E-state index contributed by atoms with van der Waals surface area (Å²) < 4.78 is 1.62. The van der Waals surface area contributed by atoms with Crippen molar-refractivity contribution in [1.29, 1.82) is 0 Å². The molecule has 0 aliphatic rings. The molecule has 0 fully saturated rings. The van der Waals surface area contributed by atoms with Crippen molar-refractivity contribution >= 4 is 34.3 Å². The lowest BCUT2D eigenvalue weighted by Gasteiger charge is -2.22. The number of hydrogen-bond donors (Lipinski definition) is 0. The van der Waals surface area contributed by atoms with E-state index in [4.69, 9.17) is 4.98 Å². The fraction of sp³-hybridized carbons (Fsp3) is 0.192. The highest BCUT2D eigenvalue weighted by Gasteiger charge is 2.23. The third-order valence-corrected chi connectivity index (χ3v) is 6.64. The van der Waals surface area contributed by atoms with Crippen LogP contribution in [0.25, 0.3) is 16.6 Å². The Balaban J connectivity index is 1.78. The smallest absolute Gasteiger partial charge is 0.266 e. The van der Waals surface area contributed by atoms with Gasteiger partial charge in [0.2, 0.25) is 5.91 Å². The zero-order valence-electron chi connectivity index (χ0n) is 18.6. The van der Waals surface area contributed by atoms with E-state index in [1.54, 1.807) is 22.6 Å². The van der Waals surface area contributed by atoms with Gasteiger partial charge in [0.05, 0.1) is 21.8 Å². The molecule has 3 aromatic carbocycles. The van der Waals surface area contributed by atoms with Crippen LogP contribution in [-0.2, 0) is 4.79 Å². The molecule has 0 unspecified atom stereocenters. The molecule has 0 saturated heterocycles. The molecular weight excluding hydrogens is 418 g/mol. The third-order valence-electron chi connectivity index (χ3n) is 5.60. The minimum absolute atomic E-state index is 0.0600. The summed E-state index contributed by atoms with van der Waals surface area (Å²) in [6, 6.07) is 22.7. The number of aryl methyl sites for hydroxylation is 2. The Morgan fingerprint density at radius 1 is 0.969 bits per heavy atom. The molecule has 32 heavy (non-hydrogen) atoms. The fourth-order valence-corrected chi connectivity index (χ4v) is 4.56. The molecule has 0 N–H and O–H groups in total. The van der Waals surface area contributed by atoms with Crippen LogP contribution in [0.4, 0.5) is 5.69 Å². The van der Waals surface area contributed by atoms with E-state index in [9.17, 15) is 9.59 Å². The van der Waals surface area contributed by atoms with Gasteiger partial charge in [0.15, 0.2) is 5.16 Å². The van der Waals surface area contributed by atoms with Gasteiger partial charge in [-0.25, -0.2) is 4.98 Å². The van der Waals surface area contributed by atoms with Crippen LogP contribution < -0.4 is 10.5 Å². The van der Waals surface area contributed by atoms with Crippen LogP contribution in [0, 0.1) is 13.8 Å². The average Bonchev–Trinajstić information content (AvgIpc) is 2.81. The van der Waals surface area contributed by atoms with Crippen molar-refractivity contribution in [3.8, 4) is 5.69 Å². The summed E-state index contributed by atoms with van der Waals surface area (Å²) in [5, 5.41) is 0.612. The van der Waals surface area contributed by atoms with Gasteiger partial charge < -0.3 is 4.90 Å². The molecule has 1 heterocycles. The summed E-state index contributed by atoms with van der Waals surface area (Å²) >= 11 is 1.30. The zero-order valence-corrected chi connectivity index (χ0v) is 19.4. The molecule has 162 valence electrons. The Hall–Kier alpha value is -3.38. The van der Waals surface area contributed by atoms with Crippen molar-refractivity contribution in [1.82, 2.24) is 9.55 Å². The number of anilines is 1. The number of rotatable bonds is 5. The van der Waals surface area contributed by atoms with Crippen LogP contribution in [0.3, 0.4) is 0 Å². The first-order valence-corrected chi connectivity index (χ1v) is 11.3. The number of thioether (sulfide) groups is 1. The quantitative estimate of drug-likeness (QED) is 0.316. The molecule has 4 aromatic rings. The van der Waals surface area contributed by atoms with Crippen molar-refractivity contribution in [2.75, 3.05) is 11.9 Å². The molecule has 6 heteroatoms. The standard InChI is InChI=1S/C26H25N3O2S/c1-17-14-15-21(16-18(17)2)29-25(31)22-12-8-9-13-23(22)27-26(29)32-19(3)24(30)28(4)20-10-6-5-7-11-20/h5-16,19H,1-4H3/t19-/m1/s1. The van der Waals surface area contributed by atoms with Crippen molar-refractivity contribution in [2.45, 2.75) is 31.2 Å². The molecule has 4 rings (SSSR count). The van der Waals surface area contributed by atoms with Crippen LogP contribution in [-0.4, -0.2) is 27.8 Å². The van der Waals surface area contributed by atoms with Crippen molar-refractivity contribution in [2.24, 2.45) is 0 Å². The van der Waals surface area contributed by atoms with Gasteiger partial charge in [0, 0.05) is 12.7 Å². The first kappa shape index (κ1) is 21.8. The fourth-order valence-electron chi connectivity index (χ4n) is 3.54. The number of para-hydroxylation sites is 2. The lowest BCUT2D eigenvalue weighted by Crippen LogP contribution is -2.33. The predicted octanol–water partition coefficient (Wildman–Crippen LogP) is 5.15. The lowest BCUT2D eigenvalue weighted by molar-refractivity contribution is -0.117. The van der Waals surface area contributed by atoms with Crippen LogP contribution in [0.2, 0.25) is 0 Å². The molecule has 0 radical (unpaired) electrons. The van der Waals surface area contributed by atoms with Gasteiger partial charge in [0.1, 0.15) is 0 Å². The van der Waals surface area contributed by atoms with Gasteiger partial charge in [-0.15, -0.1) is 0 Å². The highest BCUT2D eigenvalue weighted by atomic mass is 32.2. The highest BCUT2D eigenvalue weighted by Crippen LogP contribution is 2.27. The molecule has 0 bridgehead atoms. The number of fused-ring (bicyclic) bond motifs is 1. The first-order valence-electron chi connectivity index (χ1n) is 10.5. The molecule has 0 saturated carbocycles. The van der Waals surface area contributed by atoms with Crippen molar-refractivity contribution in [3.05, 3.63) is 94.3 Å². The minimum atomic E-state index is -0.439. The van der Waals surface area contributed by atoms with Gasteiger partial charge in [0.25, 0.3) is 5.56 Å². The normalized spacial score (nSPS) is 12.0. The van der Waals surface area contributed by atoms with Crippen LogP contribution >= 0.6 is 11.8 Å². The van der Waals surface area contributed by atoms with E-state index >= 15 is 0 Å². The summed E-state index contributed by atoms with van der Waals surface area (Å²) in [6.45, 7) is 5.90. The second-order valence-electron chi connectivity index (χ2n) is 7.81. The number of aromatic nitrogens is 2. The van der Waals surface area contributed by atoms with Crippen molar-refractivity contribution < 1.29 is 4.79 Å². The Labute approximate surface area is 191 Å². The number of hydrogen-bond acceptors (Lipinski definition) is 4. The maximum Gasteiger partial charge on any atom is 0.266 e. The van der Waals surface area contributed by atoms with Gasteiger partial charge in [-0.1, -0.05) is 48.2 Å². The van der Waals surface area contributed by atoms with E-state index in [1.165, 1.54) is 11.8 Å². The van der Waals surface area contributed by atoms with Crippen molar-refractivity contribution in [3.63, 3.8) is 0 Å². The second kappa shape index (κ2) is 9.01. The summed E-state index contributed by atoms with van der Waals surface area (Å²) in [6.07, 6.45) is 0. The van der Waals surface area contributed by atoms with E-state index in [2.05, 4.69) is 0 Å². The summed E-state index contributed by atoms with van der Waals surface area (Å²) in [5.41, 5.74) is 4.29. The number of benzene rings is 3. The van der Waals surface area contributed by atoms with Gasteiger partial charge >= 0.3 is 0 Å². The molecule has 5 nitrogen and oxygen atoms in total. The monoisotopic (exact) mass is 443 g/mol. The first-order chi connectivity index (χ1) is 15.4. The maximum atomic E-state index is 13.5. The summed E-state index contributed by atoms with van der Waals surface area (Å²) in [4.78, 5) is 33.0. The minimum Gasteiger partial charge on any atom is -0.315 e. The molecule has 0 spiro atoms. The lowest BCUT2D eigenvalue weighted by atomic mass is 10.1. The van der Waals surface area contributed by atoms with E-state index < -0.39 is 5.25 Å². The van der Waals surface area contributed by atoms with Gasteiger partial charge in [-0.2, -0.15) is 0 Å². The second-order valence-corrected chi connectivity index (χ2v) is 9.12. The number of carbonyl (C=O) groups excluding carboxylic acids is 1. The Kier molecular flexibility index (Phi) is 6.15. The van der Waals surface area contributed by atoms with Gasteiger partial charge in [-0.3, -0.25) is 14.2 Å². The Bertz CT molecular complexity index is 1350. The van der Waals surface area contributed by atoms with Crippen LogP contribution in [0.5, 0.6) is 0 Å². The van der Waals surface area contributed by atoms with E-state index in [0.29, 0.717) is 16.1 Å². The van der Waals surface area contributed by atoms with E-state index in [0.717, 1.165) is 22.5 Å². The molecule has 1 amide bonds. The molecule has 1 atom stereocenters. The van der Waals surface area contributed by atoms with Crippen LogP contribution in [0.15, 0.2) is 82.7 Å². The third kappa shape index (κ3) is 4.18. The number of nitrogens with zero attached hydrogens (tertiary/aromatic N) is 3. The van der Waals surface area contributed by atoms with Crippen LogP contribution in [0.1, 0.15) is 18.1 Å². The highest BCUT2D eigenvalue weighted by molar-refractivity contribution is 8.00. The largest absolute Gasteiger partial charge is 0.315 e. The van der Waals surface area contributed by atoms with Gasteiger partial charge in [-0.05, 0) is 68.3 Å². The number of carbonyl (C=O) groups is 1. The Morgan fingerprint density at radius 2 is 1.66 bits per heavy atom. The Morgan fingerprint density at radius 3 is 2.38 bits per heavy atom. The topological polar surface area (TPSA) is 55.2 Å². The number of amides is 1. The molecule has 1 aromatic heterocycles. The zero-order chi connectivity index (χ0) is 22.8. The van der Waals surface area contributed by atoms with E-state index in [-0.39, 0.29) is 11.5 Å². The summed E-state index contributed by atoms with van der Waals surface area (Å²) in [5.74, 6) is -0.0600.